The van der Waals surface area contributed by atoms with Gasteiger partial charge in [-0.15, -0.1) is 0 Å². The molecule has 6 heteroatoms. The summed E-state index contributed by atoms with van der Waals surface area (Å²) in [5.41, 5.74) is 1.98. The molecule has 0 saturated carbocycles. The van der Waals surface area contributed by atoms with Crippen LogP contribution in [0, 0.1) is 0 Å². The topological polar surface area (TPSA) is 78.9 Å². The second kappa shape index (κ2) is 7.08. The largest absolute Gasteiger partial charge is 0.480 e. The number of hydrogen-bond donors (Lipinski definition) is 2. The predicted molar refractivity (Wildman–Crippen MR) is 77.0 cm³/mol. The maximum atomic E-state index is 12.2. The number of rotatable bonds is 5. The summed E-state index contributed by atoms with van der Waals surface area (Å²) in [6.07, 6.45) is 0.338. The Hall–Kier alpha value is -2.08. The van der Waals surface area contributed by atoms with E-state index in [1.165, 1.54) is 4.90 Å². The highest BCUT2D eigenvalue weighted by molar-refractivity contribution is 5.83. The summed E-state index contributed by atoms with van der Waals surface area (Å²) in [6, 6.07) is 6.42. The van der Waals surface area contributed by atoms with Gasteiger partial charge in [0.15, 0.2) is 0 Å². The van der Waals surface area contributed by atoms with Crippen molar-refractivity contribution in [1.29, 1.82) is 0 Å². The summed E-state index contributed by atoms with van der Waals surface area (Å²) in [6.45, 7) is 3.57. The molecule has 0 radical (unpaired) electrons. The maximum absolute atomic E-state index is 12.2. The standard InChI is InChI=1S/C15H20N2O4/c1-2-21-8-7-16-15(20)17-10-12-6-4-3-5-11(12)9-13(17)14(18)19/h3-6,13H,2,7-10H2,1H3,(H,16,20)(H,18,19)/t13-/m0/s1. The highest BCUT2D eigenvalue weighted by Gasteiger charge is 2.34. The zero-order valence-electron chi connectivity index (χ0n) is 12.0. The number of urea groups is 1. The van der Waals surface area contributed by atoms with Crippen LogP contribution < -0.4 is 5.32 Å². The molecular weight excluding hydrogens is 272 g/mol. The average Bonchev–Trinajstić information content (AvgIpc) is 2.50. The van der Waals surface area contributed by atoms with Crippen molar-refractivity contribution in [1.82, 2.24) is 10.2 Å². The smallest absolute Gasteiger partial charge is 0.326 e. The Balaban J connectivity index is 2.06. The van der Waals surface area contributed by atoms with Crippen molar-refractivity contribution in [3.05, 3.63) is 35.4 Å². The van der Waals surface area contributed by atoms with Gasteiger partial charge in [-0.2, -0.15) is 0 Å². The minimum Gasteiger partial charge on any atom is -0.480 e. The Labute approximate surface area is 123 Å². The van der Waals surface area contributed by atoms with Crippen molar-refractivity contribution in [2.45, 2.75) is 25.9 Å². The van der Waals surface area contributed by atoms with E-state index in [-0.39, 0.29) is 6.03 Å². The lowest BCUT2D eigenvalue weighted by molar-refractivity contribution is -0.142. The van der Waals surface area contributed by atoms with Crippen LogP contribution in [-0.4, -0.2) is 47.8 Å². The first-order chi connectivity index (χ1) is 10.1. The highest BCUT2D eigenvalue weighted by Crippen LogP contribution is 2.23. The summed E-state index contributed by atoms with van der Waals surface area (Å²) < 4.78 is 5.15. The SMILES string of the molecule is CCOCCNC(=O)N1Cc2ccccc2C[C@H]1C(=O)O. The molecule has 0 spiro atoms. The van der Waals surface area contributed by atoms with E-state index in [9.17, 15) is 14.7 Å². The van der Waals surface area contributed by atoms with Crippen molar-refractivity contribution < 1.29 is 19.4 Å². The van der Waals surface area contributed by atoms with Gasteiger partial charge in [0.2, 0.25) is 0 Å². The van der Waals surface area contributed by atoms with Gasteiger partial charge in [0, 0.05) is 26.1 Å². The Morgan fingerprint density at radius 3 is 2.76 bits per heavy atom. The van der Waals surface area contributed by atoms with Crippen LogP contribution in [0.5, 0.6) is 0 Å². The minimum atomic E-state index is -0.982. The molecule has 2 N–H and O–H groups in total. The molecule has 1 aromatic carbocycles. The molecule has 2 amide bonds. The van der Waals surface area contributed by atoms with Crippen LogP contribution in [0.2, 0.25) is 0 Å². The molecule has 6 nitrogen and oxygen atoms in total. The number of fused-ring (bicyclic) bond motifs is 1. The first-order valence-electron chi connectivity index (χ1n) is 7.05. The fourth-order valence-electron chi connectivity index (χ4n) is 2.43. The molecule has 0 fully saturated rings. The van der Waals surface area contributed by atoms with Crippen molar-refractivity contribution >= 4 is 12.0 Å². The molecule has 1 heterocycles. The quantitative estimate of drug-likeness (QED) is 0.800. The molecule has 0 aliphatic carbocycles. The van der Waals surface area contributed by atoms with Crippen molar-refractivity contribution in [2.24, 2.45) is 0 Å². The molecule has 0 saturated heterocycles. The second-order valence-electron chi connectivity index (χ2n) is 4.88. The molecule has 0 bridgehead atoms. The average molecular weight is 292 g/mol. The summed E-state index contributed by atoms with van der Waals surface area (Å²) >= 11 is 0. The number of ether oxygens (including phenoxy) is 1. The molecular formula is C15H20N2O4. The molecule has 0 aromatic heterocycles. The van der Waals surface area contributed by atoms with Crippen LogP contribution in [-0.2, 0) is 22.5 Å². The van der Waals surface area contributed by atoms with Crippen LogP contribution >= 0.6 is 0 Å². The Bertz CT molecular complexity index is 518. The van der Waals surface area contributed by atoms with E-state index in [0.29, 0.717) is 32.7 Å². The molecule has 2 rings (SSSR count). The first-order valence-corrected chi connectivity index (χ1v) is 7.05. The molecule has 21 heavy (non-hydrogen) atoms. The number of carbonyl (C=O) groups is 2. The molecule has 1 aliphatic rings. The third-order valence-electron chi connectivity index (χ3n) is 3.52. The molecule has 1 aromatic rings. The minimum absolute atomic E-state index is 0.313. The molecule has 0 unspecified atom stereocenters. The van der Waals surface area contributed by atoms with Gasteiger partial charge in [0.25, 0.3) is 0 Å². The van der Waals surface area contributed by atoms with Gasteiger partial charge in [0.1, 0.15) is 6.04 Å². The summed E-state index contributed by atoms with van der Waals surface area (Å²) in [7, 11) is 0. The highest BCUT2D eigenvalue weighted by atomic mass is 16.5. The first kappa shape index (κ1) is 15.3. The summed E-state index contributed by atoms with van der Waals surface area (Å²) in [4.78, 5) is 25.0. The fourth-order valence-corrected chi connectivity index (χ4v) is 2.43. The Morgan fingerprint density at radius 2 is 2.10 bits per heavy atom. The number of amides is 2. The van der Waals surface area contributed by atoms with Crippen molar-refractivity contribution in [3.63, 3.8) is 0 Å². The van der Waals surface area contributed by atoms with Gasteiger partial charge in [-0.1, -0.05) is 24.3 Å². The molecule has 114 valence electrons. The van der Waals surface area contributed by atoms with E-state index in [1.807, 2.05) is 31.2 Å². The van der Waals surface area contributed by atoms with Gasteiger partial charge >= 0.3 is 12.0 Å². The van der Waals surface area contributed by atoms with Gasteiger partial charge in [-0.3, -0.25) is 0 Å². The molecule has 1 atom stereocenters. The number of carboxylic acid groups (broad SMARTS) is 1. The van der Waals surface area contributed by atoms with Crippen LogP contribution in [0.1, 0.15) is 18.1 Å². The van der Waals surface area contributed by atoms with Crippen LogP contribution in [0.3, 0.4) is 0 Å². The Morgan fingerprint density at radius 1 is 1.38 bits per heavy atom. The van der Waals surface area contributed by atoms with Crippen molar-refractivity contribution in [2.75, 3.05) is 19.8 Å². The number of benzene rings is 1. The van der Waals surface area contributed by atoms with Crippen molar-refractivity contribution in [3.8, 4) is 0 Å². The molecule has 1 aliphatic heterocycles. The zero-order valence-corrected chi connectivity index (χ0v) is 12.0. The van der Waals surface area contributed by atoms with E-state index < -0.39 is 12.0 Å². The maximum Gasteiger partial charge on any atom is 0.326 e. The van der Waals surface area contributed by atoms with Crippen LogP contribution in [0.25, 0.3) is 0 Å². The van der Waals surface area contributed by atoms with Crippen LogP contribution in [0.15, 0.2) is 24.3 Å². The summed E-state index contributed by atoms with van der Waals surface area (Å²) in [5, 5.41) is 12.0. The lowest BCUT2D eigenvalue weighted by Crippen LogP contribution is -2.52. The number of carboxylic acids is 1. The van der Waals surface area contributed by atoms with Gasteiger partial charge in [-0.05, 0) is 18.1 Å². The predicted octanol–water partition coefficient (Wildman–Crippen LogP) is 1.24. The lowest BCUT2D eigenvalue weighted by atomic mass is 9.94. The van der Waals surface area contributed by atoms with E-state index >= 15 is 0 Å². The second-order valence-corrected chi connectivity index (χ2v) is 4.88. The number of aliphatic carboxylic acids is 1. The normalized spacial score (nSPS) is 17.2. The fraction of sp³-hybridized carbons (Fsp3) is 0.467. The van der Waals surface area contributed by atoms with Gasteiger partial charge in [-0.25, -0.2) is 9.59 Å². The van der Waals surface area contributed by atoms with Gasteiger partial charge in [0.05, 0.1) is 6.61 Å². The lowest BCUT2D eigenvalue weighted by Gasteiger charge is -2.34. The third kappa shape index (κ3) is 3.72. The number of hydrogen-bond acceptors (Lipinski definition) is 3. The number of carbonyl (C=O) groups excluding carboxylic acids is 1. The van der Waals surface area contributed by atoms with Crippen LogP contribution in [0.4, 0.5) is 4.79 Å². The zero-order chi connectivity index (χ0) is 15.2. The number of nitrogens with one attached hydrogen (secondary N) is 1. The van der Waals surface area contributed by atoms with E-state index in [4.69, 9.17) is 4.74 Å². The summed E-state index contributed by atoms with van der Waals surface area (Å²) in [5.74, 6) is -0.982. The third-order valence-corrected chi connectivity index (χ3v) is 3.52. The Kier molecular flexibility index (Phi) is 5.16. The van der Waals surface area contributed by atoms with Gasteiger partial charge < -0.3 is 20.1 Å². The number of nitrogens with zero attached hydrogens (tertiary/aromatic N) is 1. The van der Waals surface area contributed by atoms with E-state index in [0.717, 1.165) is 11.1 Å². The van der Waals surface area contributed by atoms with E-state index in [1.54, 1.807) is 0 Å². The monoisotopic (exact) mass is 292 g/mol. The van der Waals surface area contributed by atoms with E-state index in [2.05, 4.69) is 5.32 Å².